The van der Waals surface area contributed by atoms with E-state index in [0.717, 1.165) is 17.2 Å². The molecule has 0 aliphatic carbocycles. The van der Waals surface area contributed by atoms with Crippen LogP contribution in [-0.2, 0) is 10.0 Å². The molecule has 0 radical (unpaired) electrons. The van der Waals surface area contributed by atoms with E-state index in [4.69, 9.17) is 0 Å². The van der Waals surface area contributed by atoms with Crippen molar-refractivity contribution >= 4 is 21.4 Å². The van der Waals surface area contributed by atoms with Gasteiger partial charge in [0.1, 0.15) is 0 Å². The second-order valence-electron chi connectivity index (χ2n) is 5.58. The molecule has 0 amide bonds. The molecule has 0 aromatic heterocycles. The van der Waals surface area contributed by atoms with E-state index >= 15 is 0 Å². The Bertz CT molecular complexity index is 919. The maximum absolute atomic E-state index is 12.4. The minimum atomic E-state index is -4.00. The molecule has 0 spiro atoms. The average Bonchev–Trinajstić information content (AvgIpc) is 2.56. The summed E-state index contributed by atoms with van der Waals surface area (Å²) in [5, 5.41) is 15.0. The topological polar surface area (TPSA) is 102 Å². The molecule has 2 aromatic carbocycles. The number of hydrogen-bond acceptors (Lipinski definition) is 5. The van der Waals surface area contributed by atoms with Gasteiger partial charge in [0.15, 0.2) is 0 Å². The van der Waals surface area contributed by atoms with Crippen LogP contribution in [0.2, 0.25) is 0 Å². The first-order chi connectivity index (χ1) is 11.7. The average molecular weight is 361 g/mol. The Hall–Kier alpha value is -2.74. The predicted molar refractivity (Wildman–Crippen MR) is 96.2 cm³/mol. The lowest BCUT2D eigenvalue weighted by Crippen LogP contribution is -2.20. The number of rotatable bonds is 6. The van der Waals surface area contributed by atoms with Gasteiger partial charge in [0.05, 0.1) is 15.5 Å². The third kappa shape index (κ3) is 4.42. The number of hydrazone groups is 1. The normalized spacial score (nSPS) is 12.0. The number of nitrogens with zero attached hydrogens (tertiary/aromatic N) is 2. The summed E-state index contributed by atoms with van der Waals surface area (Å²) in [5.41, 5.74) is 2.62. The summed E-state index contributed by atoms with van der Waals surface area (Å²) in [6.07, 6.45) is 0.527. The van der Waals surface area contributed by atoms with Crippen LogP contribution < -0.4 is 4.83 Å². The first kappa shape index (κ1) is 18.6. The van der Waals surface area contributed by atoms with Crippen LogP contribution in [0.5, 0.6) is 0 Å². The van der Waals surface area contributed by atoms with Gasteiger partial charge in [-0.05, 0) is 31.9 Å². The number of sulfonamides is 1. The summed E-state index contributed by atoms with van der Waals surface area (Å²) in [5.74, 6) is 0. The van der Waals surface area contributed by atoms with E-state index in [0.29, 0.717) is 17.7 Å². The molecular weight excluding hydrogens is 342 g/mol. The molecule has 0 heterocycles. The molecule has 0 aliphatic rings. The number of nitro groups is 1. The Balaban J connectivity index is 2.33. The lowest BCUT2D eigenvalue weighted by molar-refractivity contribution is -0.385. The molecule has 2 aromatic rings. The largest absolute Gasteiger partial charge is 0.276 e. The zero-order valence-corrected chi connectivity index (χ0v) is 15.0. The van der Waals surface area contributed by atoms with Crippen molar-refractivity contribution in [3.8, 4) is 0 Å². The van der Waals surface area contributed by atoms with Crippen molar-refractivity contribution in [3.05, 3.63) is 69.3 Å². The quantitative estimate of drug-likeness (QED) is 0.484. The SMILES string of the molecule is CC/C(=N/NS(=O)(=O)c1ccc(C)c([N+](=O)[O-])c1)c1ccc(C)cc1. The standard InChI is InChI=1S/C17H19N3O4S/c1-4-16(14-8-5-12(2)6-9-14)18-19-25(23,24)15-10-7-13(3)17(11-15)20(21)22/h5-11,19H,4H2,1-3H3/b18-16-. The van der Waals surface area contributed by atoms with Crippen LogP contribution in [0.3, 0.4) is 0 Å². The Kier molecular flexibility index (Phi) is 5.53. The highest BCUT2D eigenvalue weighted by Gasteiger charge is 2.19. The van der Waals surface area contributed by atoms with Crippen LogP contribution in [-0.4, -0.2) is 19.1 Å². The molecule has 0 saturated heterocycles. The van der Waals surface area contributed by atoms with E-state index in [2.05, 4.69) is 9.93 Å². The molecule has 0 unspecified atom stereocenters. The summed E-state index contributed by atoms with van der Waals surface area (Å²) >= 11 is 0. The Morgan fingerprint density at radius 1 is 1.16 bits per heavy atom. The number of benzene rings is 2. The highest BCUT2D eigenvalue weighted by atomic mass is 32.2. The predicted octanol–water partition coefficient (Wildman–Crippen LogP) is 3.30. The molecule has 0 atom stereocenters. The number of nitrogens with one attached hydrogen (secondary N) is 1. The fraction of sp³-hybridized carbons (Fsp3) is 0.235. The number of aryl methyl sites for hydroxylation is 2. The third-order valence-electron chi connectivity index (χ3n) is 3.71. The van der Waals surface area contributed by atoms with Crippen molar-refractivity contribution in [2.75, 3.05) is 0 Å². The zero-order chi connectivity index (χ0) is 18.6. The van der Waals surface area contributed by atoms with Gasteiger partial charge in [0.2, 0.25) is 0 Å². The monoisotopic (exact) mass is 361 g/mol. The van der Waals surface area contributed by atoms with Crippen LogP contribution in [0.1, 0.15) is 30.0 Å². The molecule has 0 fully saturated rings. The smallest absolute Gasteiger partial charge is 0.258 e. The van der Waals surface area contributed by atoms with Crippen LogP contribution in [0.15, 0.2) is 52.5 Å². The van der Waals surface area contributed by atoms with Gasteiger partial charge in [-0.3, -0.25) is 10.1 Å². The van der Waals surface area contributed by atoms with Crippen molar-refractivity contribution in [1.82, 2.24) is 4.83 Å². The maximum Gasteiger partial charge on any atom is 0.276 e. The molecule has 0 saturated carbocycles. The Morgan fingerprint density at radius 2 is 1.80 bits per heavy atom. The van der Waals surface area contributed by atoms with Gasteiger partial charge in [0.25, 0.3) is 15.7 Å². The minimum absolute atomic E-state index is 0.201. The second-order valence-corrected chi connectivity index (χ2v) is 7.24. The van der Waals surface area contributed by atoms with Crippen LogP contribution >= 0.6 is 0 Å². The first-order valence-electron chi connectivity index (χ1n) is 7.65. The minimum Gasteiger partial charge on any atom is -0.258 e. The Labute approximate surface area is 146 Å². The van der Waals surface area contributed by atoms with E-state index in [-0.39, 0.29) is 10.6 Å². The van der Waals surface area contributed by atoms with Gasteiger partial charge in [-0.2, -0.15) is 18.4 Å². The van der Waals surface area contributed by atoms with Crippen molar-refractivity contribution in [3.63, 3.8) is 0 Å². The second kappa shape index (κ2) is 7.43. The van der Waals surface area contributed by atoms with Crippen molar-refractivity contribution < 1.29 is 13.3 Å². The molecule has 2 rings (SSSR count). The van der Waals surface area contributed by atoms with E-state index in [1.165, 1.54) is 12.1 Å². The highest BCUT2D eigenvalue weighted by Crippen LogP contribution is 2.22. The van der Waals surface area contributed by atoms with Crippen molar-refractivity contribution in [2.45, 2.75) is 32.1 Å². The van der Waals surface area contributed by atoms with E-state index < -0.39 is 14.9 Å². The fourth-order valence-corrected chi connectivity index (χ4v) is 3.06. The van der Waals surface area contributed by atoms with Crippen LogP contribution in [0.4, 0.5) is 5.69 Å². The lowest BCUT2D eigenvalue weighted by atomic mass is 10.1. The summed E-state index contributed by atoms with van der Waals surface area (Å²) < 4.78 is 24.8. The van der Waals surface area contributed by atoms with Gasteiger partial charge in [-0.15, -0.1) is 0 Å². The fourth-order valence-electron chi connectivity index (χ4n) is 2.21. The summed E-state index contributed by atoms with van der Waals surface area (Å²) in [6.45, 7) is 5.37. The Morgan fingerprint density at radius 3 is 2.36 bits per heavy atom. The molecule has 7 nitrogen and oxygen atoms in total. The molecular formula is C17H19N3O4S. The van der Waals surface area contributed by atoms with Gasteiger partial charge in [-0.25, -0.2) is 0 Å². The molecule has 25 heavy (non-hydrogen) atoms. The summed E-state index contributed by atoms with van der Waals surface area (Å²) in [7, 11) is -4.00. The molecule has 0 aliphatic heterocycles. The lowest BCUT2D eigenvalue weighted by Gasteiger charge is -2.08. The molecule has 8 heteroatoms. The number of nitro benzene ring substituents is 1. The van der Waals surface area contributed by atoms with Crippen LogP contribution in [0, 0.1) is 24.0 Å². The highest BCUT2D eigenvalue weighted by molar-refractivity contribution is 7.89. The van der Waals surface area contributed by atoms with E-state index in [9.17, 15) is 18.5 Å². The maximum atomic E-state index is 12.4. The van der Waals surface area contributed by atoms with E-state index in [1.54, 1.807) is 6.92 Å². The van der Waals surface area contributed by atoms with Gasteiger partial charge >= 0.3 is 0 Å². The van der Waals surface area contributed by atoms with Gasteiger partial charge in [-0.1, -0.05) is 42.8 Å². The molecule has 132 valence electrons. The molecule has 0 bridgehead atoms. The van der Waals surface area contributed by atoms with Crippen molar-refractivity contribution in [2.24, 2.45) is 5.10 Å². The van der Waals surface area contributed by atoms with Crippen LogP contribution in [0.25, 0.3) is 0 Å². The number of hydrogen-bond donors (Lipinski definition) is 1. The van der Waals surface area contributed by atoms with Crippen molar-refractivity contribution in [1.29, 1.82) is 0 Å². The third-order valence-corrected chi connectivity index (χ3v) is 4.91. The van der Waals surface area contributed by atoms with E-state index in [1.807, 2.05) is 38.1 Å². The summed E-state index contributed by atoms with van der Waals surface area (Å²) in [4.78, 5) is 12.3. The first-order valence-corrected chi connectivity index (χ1v) is 9.13. The van der Waals surface area contributed by atoms with Gasteiger partial charge < -0.3 is 0 Å². The zero-order valence-electron chi connectivity index (χ0n) is 14.2. The summed E-state index contributed by atoms with van der Waals surface area (Å²) in [6, 6.07) is 11.3. The van der Waals surface area contributed by atoms with Gasteiger partial charge in [0, 0.05) is 11.6 Å². The molecule has 1 N–H and O–H groups in total.